The van der Waals surface area contributed by atoms with Gasteiger partial charge in [0, 0.05) is 18.7 Å². The summed E-state index contributed by atoms with van der Waals surface area (Å²) in [5, 5.41) is 12.5. The van der Waals surface area contributed by atoms with Crippen molar-refractivity contribution < 1.29 is 4.79 Å². The number of nitrogens with one attached hydrogen (secondary N) is 1. The van der Waals surface area contributed by atoms with E-state index in [1.165, 1.54) is 44.8 Å². The predicted octanol–water partition coefficient (Wildman–Crippen LogP) is 4.36. The summed E-state index contributed by atoms with van der Waals surface area (Å²) in [4.78, 5) is 14.1. The minimum absolute atomic E-state index is 0.000365. The molecule has 4 heteroatoms. The Labute approximate surface area is 155 Å². The molecule has 0 spiro atoms. The van der Waals surface area contributed by atoms with Crippen LogP contribution in [0.2, 0.25) is 0 Å². The van der Waals surface area contributed by atoms with E-state index in [-0.39, 0.29) is 5.78 Å². The number of ketones is 1. The van der Waals surface area contributed by atoms with Crippen LogP contribution in [-0.4, -0.2) is 23.8 Å². The summed E-state index contributed by atoms with van der Waals surface area (Å²) in [7, 11) is 0. The molecule has 0 saturated carbocycles. The van der Waals surface area contributed by atoms with Gasteiger partial charge in [-0.15, -0.1) is 0 Å². The SMILES string of the molecule is CC(=O)c1ccc(C#N)c(NCc2ccc(CN3CCCCC3)cc2)c1. The highest BCUT2D eigenvalue weighted by Gasteiger charge is 2.10. The van der Waals surface area contributed by atoms with Crippen LogP contribution in [0, 0.1) is 11.3 Å². The van der Waals surface area contributed by atoms with Crippen LogP contribution >= 0.6 is 0 Å². The van der Waals surface area contributed by atoms with Crippen LogP contribution in [0.4, 0.5) is 5.69 Å². The molecule has 0 aliphatic carbocycles. The fourth-order valence-electron chi connectivity index (χ4n) is 3.34. The first-order valence-corrected chi connectivity index (χ1v) is 9.25. The van der Waals surface area contributed by atoms with Crippen molar-refractivity contribution in [3.63, 3.8) is 0 Å². The number of benzene rings is 2. The first kappa shape index (κ1) is 18.2. The Balaban J connectivity index is 1.62. The number of rotatable bonds is 6. The van der Waals surface area contributed by atoms with Gasteiger partial charge in [-0.3, -0.25) is 9.69 Å². The van der Waals surface area contributed by atoms with Crippen molar-refractivity contribution in [2.75, 3.05) is 18.4 Å². The number of nitrogens with zero attached hydrogens (tertiary/aromatic N) is 2. The molecular formula is C22H25N3O. The molecule has 2 aromatic rings. The number of piperidine rings is 1. The normalized spacial score (nSPS) is 14.6. The maximum absolute atomic E-state index is 11.6. The zero-order chi connectivity index (χ0) is 18.4. The quantitative estimate of drug-likeness (QED) is 0.789. The maximum atomic E-state index is 11.6. The lowest BCUT2D eigenvalue weighted by Gasteiger charge is -2.26. The second-order valence-corrected chi connectivity index (χ2v) is 6.94. The van der Waals surface area contributed by atoms with Gasteiger partial charge in [-0.2, -0.15) is 5.26 Å². The largest absolute Gasteiger partial charge is 0.380 e. The number of hydrogen-bond donors (Lipinski definition) is 1. The van der Waals surface area contributed by atoms with Gasteiger partial charge in [-0.1, -0.05) is 30.7 Å². The summed E-state index contributed by atoms with van der Waals surface area (Å²) in [6.07, 6.45) is 3.97. The van der Waals surface area contributed by atoms with Gasteiger partial charge in [-0.25, -0.2) is 0 Å². The highest BCUT2D eigenvalue weighted by molar-refractivity contribution is 5.95. The summed E-state index contributed by atoms with van der Waals surface area (Å²) in [6, 6.07) is 16.0. The van der Waals surface area contributed by atoms with Crippen molar-refractivity contribution in [1.29, 1.82) is 5.26 Å². The molecule has 0 unspecified atom stereocenters. The van der Waals surface area contributed by atoms with Gasteiger partial charge in [0.25, 0.3) is 0 Å². The van der Waals surface area contributed by atoms with Crippen molar-refractivity contribution in [2.24, 2.45) is 0 Å². The molecule has 1 N–H and O–H groups in total. The predicted molar refractivity (Wildman–Crippen MR) is 104 cm³/mol. The van der Waals surface area contributed by atoms with E-state index in [0.717, 1.165) is 12.1 Å². The highest BCUT2D eigenvalue weighted by atomic mass is 16.1. The summed E-state index contributed by atoms with van der Waals surface area (Å²) in [5.41, 5.74) is 4.37. The smallest absolute Gasteiger partial charge is 0.159 e. The molecule has 0 amide bonds. The standard InChI is InChI=1S/C22H25N3O/c1-17(26)20-9-10-21(14-23)22(13-20)24-15-18-5-7-19(8-6-18)16-25-11-3-2-4-12-25/h5-10,13,24H,2-4,11-12,15-16H2,1H3. The van der Waals surface area contributed by atoms with E-state index in [4.69, 9.17) is 0 Å². The van der Waals surface area contributed by atoms with E-state index in [1.54, 1.807) is 18.2 Å². The van der Waals surface area contributed by atoms with E-state index in [2.05, 4.69) is 40.6 Å². The van der Waals surface area contributed by atoms with Crippen molar-refractivity contribution in [3.8, 4) is 6.07 Å². The maximum Gasteiger partial charge on any atom is 0.159 e. The van der Waals surface area contributed by atoms with E-state index in [9.17, 15) is 10.1 Å². The minimum atomic E-state index is -0.000365. The van der Waals surface area contributed by atoms with Crippen LogP contribution in [-0.2, 0) is 13.1 Å². The number of carbonyl (C=O) groups excluding carboxylic acids is 1. The van der Waals surface area contributed by atoms with Gasteiger partial charge in [0.1, 0.15) is 6.07 Å². The number of likely N-dealkylation sites (tertiary alicyclic amines) is 1. The first-order chi connectivity index (χ1) is 12.7. The molecule has 0 bridgehead atoms. The summed E-state index contributed by atoms with van der Waals surface area (Å²) in [6.45, 7) is 5.58. The van der Waals surface area contributed by atoms with Crippen LogP contribution in [0.5, 0.6) is 0 Å². The summed E-state index contributed by atoms with van der Waals surface area (Å²) in [5.74, 6) is -0.000365. The second-order valence-electron chi connectivity index (χ2n) is 6.94. The topological polar surface area (TPSA) is 56.1 Å². The molecule has 2 aromatic carbocycles. The van der Waals surface area contributed by atoms with Crippen LogP contribution in [0.25, 0.3) is 0 Å². The molecule has 0 atom stereocenters. The van der Waals surface area contributed by atoms with E-state index in [1.807, 2.05) is 0 Å². The average Bonchev–Trinajstić information content (AvgIpc) is 2.68. The number of anilines is 1. The Kier molecular flexibility index (Phi) is 6.04. The molecule has 4 nitrogen and oxygen atoms in total. The van der Waals surface area contributed by atoms with Gasteiger partial charge in [0.05, 0.1) is 11.3 Å². The minimum Gasteiger partial charge on any atom is -0.380 e. The van der Waals surface area contributed by atoms with Crippen LogP contribution in [0.1, 0.15) is 53.2 Å². The Morgan fingerprint density at radius 2 is 1.77 bits per heavy atom. The zero-order valence-electron chi connectivity index (χ0n) is 15.3. The number of nitriles is 1. The van der Waals surface area contributed by atoms with Crippen LogP contribution < -0.4 is 5.32 Å². The number of carbonyl (C=O) groups is 1. The zero-order valence-corrected chi connectivity index (χ0v) is 15.3. The lowest BCUT2D eigenvalue weighted by atomic mass is 10.1. The fraction of sp³-hybridized carbons (Fsp3) is 0.364. The van der Waals surface area contributed by atoms with Crippen molar-refractivity contribution >= 4 is 11.5 Å². The van der Waals surface area contributed by atoms with Crippen molar-refractivity contribution in [1.82, 2.24) is 4.90 Å². The third-order valence-corrected chi connectivity index (χ3v) is 4.91. The van der Waals surface area contributed by atoms with Crippen LogP contribution in [0.15, 0.2) is 42.5 Å². The molecule has 1 aliphatic heterocycles. The van der Waals surface area contributed by atoms with E-state index < -0.39 is 0 Å². The van der Waals surface area contributed by atoms with Crippen molar-refractivity contribution in [3.05, 3.63) is 64.7 Å². The molecule has 134 valence electrons. The molecule has 0 aromatic heterocycles. The Morgan fingerprint density at radius 3 is 2.42 bits per heavy atom. The molecule has 1 fully saturated rings. The average molecular weight is 347 g/mol. The third kappa shape index (κ3) is 4.71. The van der Waals surface area contributed by atoms with Crippen molar-refractivity contribution in [2.45, 2.75) is 39.3 Å². The summed E-state index contributed by atoms with van der Waals surface area (Å²) >= 11 is 0. The van der Waals surface area contributed by atoms with E-state index >= 15 is 0 Å². The van der Waals surface area contributed by atoms with Crippen LogP contribution in [0.3, 0.4) is 0 Å². The monoisotopic (exact) mass is 347 g/mol. The molecule has 1 saturated heterocycles. The van der Waals surface area contributed by atoms with Gasteiger partial charge in [0.2, 0.25) is 0 Å². The van der Waals surface area contributed by atoms with Gasteiger partial charge in [0.15, 0.2) is 5.78 Å². The molecule has 3 rings (SSSR count). The first-order valence-electron chi connectivity index (χ1n) is 9.25. The highest BCUT2D eigenvalue weighted by Crippen LogP contribution is 2.19. The third-order valence-electron chi connectivity index (χ3n) is 4.91. The Bertz CT molecular complexity index is 799. The second kappa shape index (κ2) is 8.64. The number of Topliss-reactive ketones (excluding diaryl/α,β-unsaturated/α-hetero) is 1. The molecule has 26 heavy (non-hydrogen) atoms. The summed E-state index contributed by atoms with van der Waals surface area (Å²) < 4.78 is 0. The fourth-order valence-corrected chi connectivity index (χ4v) is 3.34. The lowest BCUT2D eigenvalue weighted by molar-refractivity contribution is 0.101. The van der Waals surface area contributed by atoms with Gasteiger partial charge in [-0.05, 0) is 62.2 Å². The van der Waals surface area contributed by atoms with E-state index in [0.29, 0.717) is 23.4 Å². The lowest BCUT2D eigenvalue weighted by Crippen LogP contribution is -2.29. The molecular weight excluding hydrogens is 322 g/mol. The number of hydrogen-bond acceptors (Lipinski definition) is 4. The molecule has 1 aliphatic rings. The molecule has 0 radical (unpaired) electrons. The molecule has 1 heterocycles. The Morgan fingerprint density at radius 1 is 1.08 bits per heavy atom. The van der Waals surface area contributed by atoms with Gasteiger partial charge >= 0.3 is 0 Å². The Hall–Kier alpha value is -2.64. The van der Waals surface area contributed by atoms with Gasteiger partial charge < -0.3 is 5.32 Å².